The summed E-state index contributed by atoms with van der Waals surface area (Å²) in [5, 5.41) is 0.729. The highest BCUT2D eigenvalue weighted by Crippen LogP contribution is 2.27. The zero-order valence-electron chi connectivity index (χ0n) is 15.9. The molecule has 27 heavy (non-hydrogen) atoms. The highest BCUT2D eigenvalue weighted by Gasteiger charge is 2.29. The molecule has 0 spiro atoms. The second kappa shape index (κ2) is 8.53. The summed E-state index contributed by atoms with van der Waals surface area (Å²) >= 11 is 6.01. The van der Waals surface area contributed by atoms with Crippen molar-refractivity contribution in [2.24, 2.45) is 0 Å². The van der Waals surface area contributed by atoms with Crippen LogP contribution in [0.4, 0.5) is 5.69 Å². The van der Waals surface area contributed by atoms with Gasteiger partial charge in [0.2, 0.25) is 0 Å². The maximum atomic E-state index is 13.1. The lowest BCUT2D eigenvalue weighted by Gasteiger charge is -2.42. The molecule has 1 saturated heterocycles. The molecule has 2 aromatic rings. The van der Waals surface area contributed by atoms with Crippen molar-refractivity contribution in [2.45, 2.75) is 19.4 Å². The van der Waals surface area contributed by atoms with Gasteiger partial charge in [-0.25, -0.2) is 0 Å². The van der Waals surface area contributed by atoms with Crippen molar-refractivity contribution in [2.75, 3.05) is 38.8 Å². The smallest absolute Gasteiger partial charge is 0.254 e. The molecule has 1 aliphatic rings. The second-order valence-electron chi connectivity index (χ2n) is 6.58. The molecule has 0 bridgehead atoms. The van der Waals surface area contributed by atoms with E-state index in [0.29, 0.717) is 30.2 Å². The molecule has 144 valence electrons. The van der Waals surface area contributed by atoms with E-state index in [4.69, 9.17) is 21.1 Å². The van der Waals surface area contributed by atoms with Gasteiger partial charge in [-0.3, -0.25) is 4.79 Å². The molecular formula is C21H25ClN2O3. The fourth-order valence-electron chi connectivity index (χ4n) is 3.48. The normalized spacial score (nSPS) is 17.0. The lowest BCUT2D eigenvalue weighted by molar-refractivity contribution is 0.0720. The summed E-state index contributed by atoms with van der Waals surface area (Å²) in [6.07, 6.45) is 0.952. The van der Waals surface area contributed by atoms with E-state index in [2.05, 4.69) is 11.8 Å². The summed E-state index contributed by atoms with van der Waals surface area (Å²) < 4.78 is 10.6. The van der Waals surface area contributed by atoms with Crippen LogP contribution in [0.25, 0.3) is 0 Å². The molecule has 0 saturated carbocycles. The van der Waals surface area contributed by atoms with E-state index in [1.807, 2.05) is 29.2 Å². The van der Waals surface area contributed by atoms with Crippen LogP contribution in [0.5, 0.6) is 11.5 Å². The Labute approximate surface area is 165 Å². The summed E-state index contributed by atoms with van der Waals surface area (Å²) in [6.45, 7) is 4.28. The van der Waals surface area contributed by atoms with Gasteiger partial charge in [0, 0.05) is 48.0 Å². The average molecular weight is 389 g/mol. The van der Waals surface area contributed by atoms with Gasteiger partial charge in [0.1, 0.15) is 11.5 Å². The number of hydrogen-bond donors (Lipinski definition) is 0. The van der Waals surface area contributed by atoms with E-state index < -0.39 is 0 Å². The van der Waals surface area contributed by atoms with Gasteiger partial charge in [0.05, 0.1) is 14.2 Å². The number of piperazine rings is 1. The number of hydrogen-bond acceptors (Lipinski definition) is 4. The van der Waals surface area contributed by atoms with Crippen LogP contribution in [0.2, 0.25) is 5.02 Å². The summed E-state index contributed by atoms with van der Waals surface area (Å²) in [7, 11) is 3.17. The van der Waals surface area contributed by atoms with Crippen molar-refractivity contribution in [3.63, 3.8) is 0 Å². The van der Waals surface area contributed by atoms with Crippen molar-refractivity contribution < 1.29 is 14.3 Å². The Morgan fingerprint density at radius 1 is 1.07 bits per heavy atom. The lowest BCUT2D eigenvalue weighted by atomic mass is 10.1. The maximum absolute atomic E-state index is 13.1. The van der Waals surface area contributed by atoms with Crippen LogP contribution in [0, 0.1) is 0 Å². The molecule has 1 atom stereocenters. The lowest BCUT2D eigenvalue weighted by Crippen LogP contribution is -2.54. The van der Waals surface area contributed by atoms with Gasteiger partial charge in [-0.2, -0.15) is 0 Å². The topological polar surface area (TPSA) is 42.0 Å². The van der Waals surface area contributed by atoms with E-state index in [1.165, 1.54) is 0 Å². The standard InChI is InChI=1S/C21H25ClN2O3/c1-4-17-14-23(9-10-24(17)18-7-5-16(22)6-8-18)21(25)15-11-19(26-2)13-20(12-15)27-3/h5-8,11-13,17H,4,9-10,14H2,1-3H3. The molecule has 0 aromatic heterocycles. The molecule has 6 heteroatoms. The first-order valence-electron chi connectivity index (χ1n) is 9.10. The van der Waals surface area contributed by atoms with Gasteiger partial charge in [0.25, 0.3) is 5.91 Å². The first kappa shape index (κ1) is 19.4. The van der Waals surface area contributed by atoms with Crippen LogP contribution in [-0.2, 0) is 0 Å². The number of ether oxygens (including phenoxy) is 2. The molecule has 1 fully saturated rings. The number of rotatable bonds is 5. The molecule has 2 aromatic carbocycles. The first-order valence-corrected chi connectivity index (χ1v) is 9.48. The van der Waals surface area contributed by atoms with Crippen molar-refractivity contribution in [3.05, 3.63) is 53.1 Å². The van der Waals surface area contributed by atoms with Gasteiger partial charge in [-0.1, -0.05) is 18.5 Å². The predicted octanol–water partition coefficient (Wildman–Crippen LogP) is 4.10. The highest BCUT2D eigenvalue weighted by molar-refractivity contribution is 6.30. The summed E-state index contributed by atoms with van der Waals surface area (Å²) in [5.74, 6) is 1.23. The van der Waals surface area contributed by atoms with Crippen LogP contribution in [0.1, 0.15) is 23.7 Å². The zero-order chi connectivity index (χ0) is 19.4. The Kier molecular flexibility index (Phi) is 6.11. The van der Waals surface area contributed by atoms with E-state index in [-0.39, 0.29) is 11.9 Å². The van der Waals surface area contributed by atoms with Crippen molar-refractivity contribution in [1.82, 2.24) is 4.90 Å². The van der Waals surface area contributed by atoms with Crippen LogP contribution < -0.4 is 14.4 Å². The number of benzene rings is 2. The third kappa shape index (κ3) is 4.30. The zero-order valence-corrected chi connectivity index (χ0v) is 16.7. The molecule has 1 amide bonds. The summed E-state index contributed by atoms with van der Waals surface area (Å²) in [5.41, 5.74) is 1.72. The largest absolute Gasteiger partial charge is 0.497 e. The van der Waals surface area contributed by atoms with Gasteiger partial charge < -0.3 is 19.3 Å². The number of methoxy groups -OCH3 is 2. The molecular weight excluding hydrogens is 364 g/mol. The first-order chi connectivity index (χ1) is 13.0. The van der Waals surface area contributed by atoms with Crippen molar-refractivity contribution in [1.29, 1.82) is 0 Å². The van der Waals surface area contributed by atoms with Crippen molar-refractivity contribution >= 4 is 23.2 Å². The molecule has 5 nitrogen and oxygen atoms in total. The number of anilines is 1. The number of halogens is 1. The van der Waals surface area contributed by atoms with E-state index in [0.717, 1.165) is 23.7 Å². The quantitative estimate of drug-likeness (QED) is 0.773. The molecule has 0 radical (unpaired) electrons. The molecule has 0 N–H and O–H groups in total. The summed E-state index contributed by atoms with van der Waals surface area (Å²) in [4.78, 5) is 17.3. The minimum absolute atomic E-state index is 0.00130. The van der Waals surface area contributed by atoms with E-state index in [9.17, 15) is 4.79 Å². The second-order valence-corrected chi connectivity index (χ2v) is 7.02. The third-order valence-corrected chi connectivity index (χ3v) is 5.25. The van der Waals surface area contributed by atoms with Gasteiger partial charge in [-0.05, 0) is 42.8 Å². The third-order valence-electron chi connectivity index (χ3n) is 5.00. The van der Waals surface area contributed by atoms with Crippen molar-refractivity contribution in [3.8, 4) is 11.5 Å². The van der Waals surface area contributed by atoms with Crippen LogP contribution in [0.3, 0.4) is 0 Å². The Bertz CT molecular complexity index is 772. The van der Waals surface area contributed by atoms with Crippen LogP contribution >= 0.6 is 11.6 Å². The fourth-order valence-corrected chi connectivity index (χ4v) is 3.60. The van der Waals surface area contributed by atoms with Crippen LogP contribution in [-0.4, -0.2) is 50.7 Å². The number of nitrogens with zero attached hydrogens (tertiary/aromatic N) is 2. The van der Waals surface area contributed by atoms with Gasteiger partial charge in [0.15, 0.2) is 0 Å². The van der Waals surface area contributed by atoms with Crippen LogP contribution in [0.15, 0.2) is 42.5 Å². The van der Waals surface area contributed by atoms with E-state index in [1.54, 1.807) is 32.4 Å². The SMILES string of the molecule is CCC1CN(C(=O)c2cc(OC)cc(OC)c2)CCN1c1ccc(Cl)cc1. The maximum Gasteiger partial charge on any atom is 0.254 e. The molecule has 0 aliphatic carbocycles. The van der Waals surface area contributed by atoms with Gasteiger partial charge in [-0.15, -0.1) is 0 Å². The monoisotopic (exact) mass is 388 g/mol. The number of amides is 1. The number of carbonyl (C=O) groups is 1. The fraction of sp³-hybridized carbons (Fsp3) is 0.381. The Balaban J connectivity index is 1.77. The highest BCUT2D eigenvalue weighted by atomic mass is 35.5. The molecule has 1 unspecified atom stereocenters. The molecule has 1 aliphatic heterocycles. The molecule has 1 heterocycles. The molecule has 3 rings (SSSR count). The Morgan fingerprint density at radius 2 is 1.70 bits per heavy atom. The Hall–Kier alpha value is -2.40. The van der Waals surface area contributed by atoms with E-state index >= 15 is 0 Å². The minimum atomic E-state index is 0.00130. The minimum Gasteiger partial charge on any atom is -0.497 e. The number of carbonyl (C=O) groups excluding carboxylic acids is 1. The average Bonchev–Trinajstić information content (AvgIpc) is 2.72. The Morgan fingerprint density at radius 3 is 2.26 bits per heavy atom. The van der Waals surface area contributed by atoms with Gasteiger partial charge >= 0.3 is 0 Å². The predicted molar refractivity (Wildman–Crippen MR) is 108 cm³/mol. The summed E-state index contributed by atoms with van der Waals surface area (Å²) in [6, 6.07) is 13.4.